The van der Waals surface area contributed by atoms with Crippen molar-refractivity contribution in [2.45, 2.75) is 32.7 Å². The van der Waals surface area contributed by atoms with E-state index in [1.807, 2.05) is 11.8 Å². The van der Waals surface area contributed by atoms with Gasteiger partial charge in [-0.1, -0.05) is 23.2 Å². The minimum Gasteiger partial charge on any atom is -0.356 e. The number of amides is 1. The van der Waals surface area contributed by atoms with Crippen LogP contribution in [0.1, 0.15) is 40.3 Å². The number of hydrogen-bond donors (Lipinski definition) is 0. The molecular weight excluding hydrogens is 371 g/mol. The lowest BCUT2D eigenvalue weighted by Crippen LogP contribution is -2.38. The molecule has 26 heavy (non-hydrogen) atoms. The van der Waals surface area contributed by atoms with Crippen molar-refractivity contribution in [2.75, 3.05) is 24.5 Å². The van der Waals surface area contributed by atoms with Gasteiger partial charge >= 0.3 is 0 Å². The molecule has 1 amide bonds. The van der Waals surface area contributed by atoms with Crippen LogP contribution in [-0.4, -0.2) is 40.4 Å². The monoisotopic (exact) mass is 390 g/mol. The number of aromatic nitrogens is 2. The smallest absolute Gasteiger partial charge is 0.255 e. The van der Waals surface area contributed by atoms with Gasteiger partial charge in [0.1, 0.15) is 11.6 Å². The van der Waals surface area contributed by atoms with Crippen LogP contribution in [0, 0.1) is 6.92 Å². The summed E-state index contributed by atoms with van der Waals surface area (Å²) in [6, 6.07) is 4.99. The van der Waals surface area contributed by atoms with Gasteiger partial charge in [0.15, 0.2) is 0 Å². The van der Waals surface area contributed by atoms with Crippen molar-refractivity contribution in [3.63, 3.8) is 0 Å². The molecule has 0 bridgehead atoms. The van der Waals surface area contributed by atoms with Gasteiger partial charge in [0.2, 0.25) is 0 Å². The van der Waals surface area contributed by atoms with E-state index in [1.54, 1.807) is 18.2 Å². The van der Waals surface area contributed by atoms with E-state index >= 15 is 0 Å². The number of halogens is 2. The predicted molar refractivity (Wildman–Crippen MR) is 103 cm³/mol. The second kappa shape index (κ2) is 7.05. The van der Waals surface area contributed by atoms with Gasteiger partial charge < -0.3 is 9.80 Å². The van der Waals surface area contributed by atoms with Crippen LogP contribution in [-0.2, 0) is 13.0 Å². The predicted octanol–water partition coefficient (Wildman–Crippen LogP) is 3.89. The van der Waals surface area contributed by atoms with Crippen LogP contribution in [0.4, 0.5) is 5.82 Å². The highest BCUT2D eigenvalue weighted by atomic mass is 35.5. The van der Waals surface area contributed by atoms with E-state index in [2.05, 4.69) is 9.88 Å². The van der Waals surface area contributed by atoms with Crippen molar-refractivity contribution in [1.82, 2.24) is 14.9 Å². The molecule has 2 aliphatic rings. The average molecular weight is 391 g/mol. The Morgan fingerprint density at radius 3 is 2.62 bits per heavy atom. The summed E-state index contributed by atoms with van der Waals surface area (Å²) in [5, 5.41) is 0.906. The maximum absolute atomic E-state index is 13.0. The third-order valence-corrected chi connectivity index (χ3v) is 5.55. The van der Waals surface area contributed by atoms with E-state index in [-0.39, 0.29) is 5.91 Å². The Morgan fingerprint density at radius 2 is 1.88 bits per heavy atom. The molecule has 1 saturated heterocycles. The van der Waals surface area contributed by atoms with Gasteiger partial charge in [-0.05, 0) is 38.0 Å². The molecule has 0 unspecified atom stereocenters. The molecule has 3 heterocycles. The van der Waals surface area contributed by atoms with Crippen LogP contribution in [0.3, 0.4) is 0 Å². The highest BCUT2D eigenvalue weighted by molar-refractivity contribution is 6.36. The van der Waals surface area contributed by atoms with E-state index < -0.39 is 0 Å². The van der Waals surface area contributed by atoms with Crippen LogP contribution < -0.4 is 4.90 Å². The molecule has 2 aromatic rings. The Bertz CT molecular complexity index is 865. The number of nitrogens with zero attached hydrogens (tertiary/aromatic N) is 4. The zero-order valence-electron chi connectivity index (χ0n) is 14.6. The summed E-state index contributed by atoms with van der Waals surface area (Å²) in [6.07, 6.45) is 3.10. The Labute approximate surface area is 162 Å². The third kappa shape index (κ3) is 3.26. The first-order valence-corrected chi connectivity index (χ1v) is 9.64. The molecule has 1 aromatic carbocycles. The molecular formula is C19H20Cl2N4O. The molecule has 1 fully saturated rings. The van der Waals surface area contributed by atoms with E-state index in [9.17, 15) is 4.79 Å². The largest absolute Gasteiger partial charge is 0.356 e. The lowest BCUT2D eigenvalue weighted by Gasteiger charge is -2.32. The standard InChI is InChI=1S/C19H20Cl2N4O/c1-12-22-17-6-9-25(19(26)14-5-4-13(20)10-16(14)21)11-15(17)18(23-12)24-7-2-3-8-24/h4-5,10H,2-3,6-9,11H2,1H3. The molecule has 5 nitrogen and oxygen atoms in total. The van der Waals surface area contributed by atoms with Gasteiger partial charge in [-0.25, -0.2) is 9.97 Å². The number of carbonyl (C=O) groups excluding carboxylic acids is 1. The highest BCUT2D eigenvalue weighted by Gasteiger charge is 2.29. The Balaban J connectivity index is 1.65. The number of benzene rings is 1. The third-order valence-electron chi connectivity index (χ3n) is 5.00. The van der Waals surface area contributed by atoms with E-state index in [4.69, 9.17) is 28.2 Å². The fourth-order valence-electron chi connectivity index (χ4n) is 3.71. The minimum absolute atomic E-state index is 0.0785. The summed E-state index contributed by atoms with van der Waals surface area (Å²) in [6.45, 7) is 5.10. The molecule has 2 aliphatic heterocycles. The van der Waals surface area contributed by atoms with Gasteiger partial charge in [0.25, 0.3) is 5.91 Å². The quantitative estimate of drug-likeness (QED) is 0.780. The number of anilines is 1. The fourth-order valence-corrected chi connectivity index (χ4v) is 4.20. The van der Waals surface area contributed by atoms with E-state index in [0.717, 1.165) is 42.4 Å². The summed E-state index contributed by atoms with van der Waals surface area (Å²) in [4.78, 5) is 26.5. The molecule has 0 N–H and O–H groups in total. The van der Waals surface area contributed by atoms with Crippen molar-refractivity contribution in [3.8, 4) is 0 Å². The number of fused-ring (bicyclic) bond motifs is 1. The van der Waals surface area contributed by atoms with Crippen molar-refractivity contribution in [1.29, 1.82) is 0 Å². The zero-order chi connectivity index (χ0) is 18.3. The van der Waals surface area contributed by atoms with Crippen LogP contribution >= 0.6 is 23.2 Å². The minimum atomic E-state index is -0.0785. The number of rotatable bonds is 2. The van der Waals surface area contributed by atoms with E-state index in [0.29, 0.717) is 28.7 Å². The molecule has 1 aromatic heterocycles. The maximum atomic E-state index is 13.0. The average Bonchev–Trinajstić information content (AvgIpc) is 3.14. The van der Waals surface area contributed by atoms with Crippen LogP contribution in [0.15, 0.2) is 18.2 Å². The topological polar surface area (TPSA) is 49.3 Å². The van der Waals surface area contributed by atoms with Crippen molar-refractivity contribution in [2.24, 2.45) is 0 Å². The number of aryl methyl sites for hydroxylation is 1. The molecule has 0 atom stereocenters. The molecule has 136 valence electrons. The van der Waals surface area contributed by atoms with Crippen molar-refractivity contribution >= 4 is 34.9 Å². The Kier molecular flexibility index (Phi) is 4.76. The molecule has 7 heteroatoms. The number of carbonyl (C=O) groups is 1. The molecule has 0 radical (unpaired) electrons. The van der Waals surface area contributed by atoms with Crippen molar-refractivity contribution in [3.05, 3.63) is 50.9 Å². The molecule has 4 rings (SSSR count). The SMILES string of the molecule is Cc1nc2c(c(N3CCCC3)n1)CN(C(=O)c1ccc(Cl)cc1Cl)CC2. The lowest BCUT2D eigenvalue weighted by molar-refractivity contribution is 0.0733. The molecule has 0 saturated carbocycles. The summed E-state index contributed by atoms with van der Waals surface area (Å²) in [7, 11) is 0. The first-order chi connectivity index (χ1) is 12.5. The van der Waals surface area contributed by atoms with Gasteiger partial charge in [0.05, 0.1) is 22.8 Å². The second-order valence-corrected chi connectivity index (χ2v) is 7.66. The van der Waals surface area contributed by atoms with Gasteiger partial charge in [0, 0.05) is 36.6 Å². The first kappa shape index (κ1) is 17.6. The highest BCUT2D eigenvalue weighted by Crippen LogP contribution is 2.30. The maximum Gasteiger partial charge on any atom is 0.255 e. The van der Waals surface area contributed by atoms with Crippen molar-refractivity contribution < 1.29 is 4.79 Å². The normalized spacial score (nSPS) is 16.7. The van der Waals surface area contributed by atoms with Gasteiger partial charge in [-0.3, -0.25) is 4.79 Å². The summed E-state index contributed by atoms with van der Waals surface area (Å²) < 4.78 is 0. The number of hydrogen-bond acceptors (Lipinski definition) is 4. The molecule has 0 aliphatic carbocycles. The molecule has 0 spiro atoms. The summed E-state index contributed by atoms with van der Waals surface area (Å²) in [5.74, 6) is 1.71. The van der Waals surface area contributed by atoms with E-state index in [1.165, 1.54) is 12.8 Å². The van der Waals surface area contributed by atoms with Gasteiger partial charge in [-0.15, -0.1) is 0 Å². The van der Waals surface area contributed by atoms with Gasteiger partial charge in [-0.2, -0.15) is 0 Å². The van der Waals surface area contributed by atoms with Crippen LogP contribution in [0.25, 0.3) is 0 Å². The van der Waals surface area contributed by atoms with Crippen LogP contribution in [0.2, 0.25) is 10.0 Å². The summed E-state index contributed by atoms with van der Waals surface area (Å²) >= 11 is 12.2. The Morgan fingerprint density at radius 1 is 1.12 bits per heavy atom. The second-order valence-electron chi connectivity index (χ2n) is 6.81. The van der Waals surface area contributed by atoms with Crippen LogP contribution in [0.5, 0.6) is 0 Å². The zero-order valence-corrected chi connectivity index (χ0v) is 16.1. The Hall–Kier alpha value is -1.85. The lowest BCUT2D eigenvalue weighted by atomic mass is 10.0. The first-order valence-electron chi connectivity index (χ1n) is 8.88. The fraction of sp³-hybridized carbons (Fsp3) is 0.421. The summed E-state index contributed by atoms with van der Waals surface area (Å²) in [5.41, 5.74) is 2.61.